The number of nitrogens with zero attached hydrogens (tertiary/aromatic N) is 1. The maximum absolute atomic E-state index is 9.85. The van der Waals surface area contributed by atoms with Crippen molar-refractivity contribution in [1.29, 1.82) is 0 Å². The average Bonchev–Trinajstić information content (AvgIpc) is 2.79. The van der Waals surface area contributed by atoms with E-state index in [-0.39, 0.29) is 5.82 Å². The van der Waals surface area contributed by atoms with Crippen LogP contribution < -0.4 is 0 Å². The standard InChI is InChI=1S/C11H12Cl2N2O4/c12-4-1-6-7(2-5(4)13)15-11(14-6)10(19)9(18)8(17)3-16/h1-2,8-10,16-19H,3H2,(H,14,15)/t8-,9?,10?/m1/s1. The quantitative estimate of drug-likeness (QED) is 0.569. The van der Waals surface area contributed by atoms with Crippen molar-refractivity contribution in [2.45, 2.75) is 18.3 Å². The molecule has 0 fully saturated rings. The zero-order valence-electron chi connectivity index (χ0n) is 9.59. The van der Waals surface area contributed by atoms with Gasteiger partial charge in [-0.2, -0.15) is 0 Å². The van der Waals surface area contributed by atoms with Gasteiger partial charge in [0.2, 0.25) is 0 Å². The summed E-state index contributed by atoms with van der Waals surface area (Å²) in [6.07, 6.45) is -4.49. The number of aliphatic hydroxyl groups excluding tert-OH is 4. The Kier molecular flexibility index (Phi) is 4.29. The van der Waals surface area contributed by atoms with Gasteiger partial charge in [-0.1, -0.05) is 23.2 Å². The molecular formula is C11H12Cl2N2O4. The Bertz CT molecular complexity index is 550. The van der Waals surface area contributed by atoms with Crippen LogP contribution in [0.15, 0.2) is 12.1 Å². The molecule has 0 aliphatic rings. The Morgan fingerprint density at radius 1 is 1.16 bits per heavy atom. The Hall–Kier alpha value is -0.890. The highest BCUT2D eigenvalue weighted by Crippen LogP contribution is 2.28. The number of fused-ring (bicyclic) bond motifs is 1. The minimum atomic E-state index is -1.56. The summed E-state index contributed by atoms with van der Waals surface area (Å²) in [6.45, 7) is -0.671. The molecule has 0 spiro atoms. The molecule has 1 heterocycles. The van der Waals surface area contributed by atoms with Gasteiger partial charge in [-0.25, -0.2) is 4.98 Å². The zero-order valence-corrected chi connectivity index (χ0v) is 11.1. The zero-order chi connectivity index (χ0) is 14.2. The molecule has 0 radical (unpaired) electrons. The molecule has 19 heavy (non-hydrogen) atoms. The minimum absolute atomic E-state index is 0.0494. The average molecular weight is 307 g/mol. The molecule has 0 bridgehead atoms. The smallest absolute Gasteiger partial charge is 0.140 e. The second kappa shape index (κ2) is 5.62. The van der Waals surface area contributed by atoms with Gasteiger partial charge in [0.05, 0.1) is 27.7 Å². The highest BCUT2D eigenvalue weighted by Gasteiger charge is 2.27. The molecule has 1 aromatic heterocycles. The van der Waals surface area contributed by atoms with E-state index < -0.39 is 24.9 Å². The van der Waals surface area contributed by atoms with Crippen LogP contribution in [0.2, 0.25) is 10.0 Å². The first kappa shape index (κ1) is 14.5. The van der Waals surface area contributed by atoms with Crippen LogP contribution in [0.3, 0.4) is 0 Å². The van der Waals surface area contributed by atoms with Crippen LogP contribution in [0.5, 0.6) is 0 Å². The molecule has 0 amide bonds. The van der Waals surface area contributed by atoms with E-state index in [1.807, 2.05) is 0 Å². The third kappa shape index (κ3) is 2.84. The van der Waals surface area contributed by atoms with Crippen molar-refractivity contribution in [2.75, 3.05) is 6.61 Å². The van der Waals surface area contributed by atoms with Crippen molar-refractivity contribution in [2.24, 2.45) is 0 Å². The second-order valence-electron chi connectivity index (χ2n) is 4.09. The number of nitrogens with one attached hydrogen (secondary N) is 1. The summed E-state index contributed by atoms with van der Waals surface area (Å²) in [5.74, 6) is 0.0494. The number of benzene rings is 1. The third-order valence-electron chi connectivity index (χ3n) is 2.73. The maximum Gasteiger partial charge on any atom is 0.140 e. The highest BCUT2D eigenvalue weighted by atomic mass is 35.5. The molecule has 5 N–H and O–H groups in total. The van der Waals surface area contributed by atoms with Crippen molar-refractivity contribution in [3.8, 4) is 0 Å². The van der Waals surface area contributed by atoms with Gasteiger partial charge in [-0.15, -0.1) is 0 Å². The number of aliphatic hydroxyl groups is 4. The van der Waals surface area contributed by atoms with Gasteiger partial charge >= 0.3 is 0 Å². The summed E-state index contributed by atoms with van der Waals surface area (Å²) < 4.78 is 0. The van der Waals surface area contributed by atoms with Crippen molar-refractivity contribution in [1.82, 2.24) is 9.97 Å². The van der Waals surface area contributed by atoms with Crippen LogP contribution >= 0.6 is 23.2 Å². The van der Waals surface area contributed by atoms with E-state index in [4.69, 9.17) is 28.3 Å². The summed E-state index contributed by atoms with van der Waals surface area (Å²) in [5, 5.41) is 38.1. The topological polar surface area (TPSA) is 110 Å². The largest absolute Gasteiger partial charge is 0.394 e. The number of hydrogen-bond acceptors (Lipinski definition) is 5. The number of H-pyrrole nitrogens is 1. The Labute approximate surface area is 118 Å². The lowest BCUT2D eigenvalue weighted by molar-refractivity contribution is -0.0800. The van der Waals surface area contributed by atoms with E-state index in [1.165, 1.54) is 12.1 Å². The normalized spacial score (nSPS) is 16.5. The number of halogens is 2. The Morgan fingerprint density at radius 3 is 2.42 bits per heavy atom. The number of aromatic nitrogens is 2. The lowest BCUT2D eigenvalue weighted by Crippen LogP contribution is -2.35. The van der Waals surface area contributed by atoms with Crippen LogP contribution in [0.25, 0.3) is 11.0 Å². The third-order valence-corrected chi connectivity index (χ3v) is 3.45. The van der Waals surface area contributed by atoms with Gasteiger partial charge in [-0.3, -0.25) is 0 Å². The van der Waals surface area contributed by atoms with Crippen LogP contribution in [-0.2, 0) is 0 Å². The first-order valence-corrected chi connectivity index (χ1v) is 6.19. The summed E-state index contributed by atoms with van der Waals surface area (Å²) in [5.41, 5.74) is 1.00. The van der Waals surface area contributed by atoms with Crippen molar-refractivity contribution >= 4 is 34.2 Å². The molecule has 0 aliphatic carbocycles. The van der Waals surface area contributed by atoms with Gasteiger partial charge < -0.3 is 25.4 Å². The molecule has 2 aromatic rings. The van der Waals surface area contributed by atoms with Gasteiger partial charge in [0.25, 0.3) is 0 Å². The van der Waals surface area contributed by atoms with Crippen LogP contribution in [0.1, 0.15) is 11.9 Å². The van der Waals surface area contributed by atoms with E-state index in [0.29, 0.717) is 21.1 Å². The Morgan fingerprint density at radius 2 is 1.79 bits per heavy atom. The van der Waals surface area contributed by atoms with Crippen molar-refractivity contribution in [3.05, 3.63) is 28.0 Å². The molecule has 2 unspecified atom stereocenters. The summed E-state index contributed by atoms with van der Waals surface area (Å²) in [6, 6.07) is 3.05. The highest BCUT2D eigenvalue weighted by molar-refractivity contribution is 6.42. The molecule has 2 rings (SSSR count). The maximum atomic E-state index is 9.85. The van der Waals surface area contributed by atoms with Crippen molar-refractivity contribution < 1.29 is 20.4 Å². The van der Waals surface area contributed by atoms with E-state index in [1.54, 1.807) is 0 Å². The molecular weight excluding hydrogens is 295 g/mol. The number of aromatic amines is 1. The molecule has 104 valence electrons. The molecule has 0 saturated carbocycles. The number of hydrogen-bond donors (Lipinski definition) is 5. The summed E-state index contributed by atoms with van der Waals surface area (Å²) >= 11 is 11.7. The minimum Gasteiger partial charge on any atom is -0.394 e. The number of imidazole rings is 1. The SMILES string of the molecule is OC[C@@H](O)C(O)C(O)c1nc2cc(Cl)c(Cl)cc2[nH]1. The number of rotatable bonds is 4. The second-order valence-corrected chi connectivity index (χ2v) is 4.91. The molecule has 0 aliphatic heterocycles. The van der Waals surface area contributed by atoms with Gasteiger partial charge in [0.1, 0.15) is 24.1 Å². The molecule has 1 aromatic carbocycles. The van der Waals surface area contributed by atoms with Gasteiger partial charge in [0, 0.05) is 0 Å². The lowest BCUT2D eigenvalue weighted by Gasteiger charge is -2.19. The van der Waals surface area contributed by atoms with E-state index in [2.05, 4.69) is 9.97 Å². The van der Waals surface area contributed by atoms with Crippen LogP contribution in [0, 0.1) is 0 Å². The fourth-order valence-electron chi connectivity index (χ4n) is 1.64. The fraction of sp³-hybridized carbons (Fsp3) is 0.364. The predicted octanol–water partition coefficient (Wildman–Crippen LogP) is 0.617. The van der Waals surface area contributed by atoms with Gasteiger partial charge in [-0.05, 0) is 12.1 Å². The monoisotopic (exact) mass is 306 g/mol. The molecule has 6 nitrogen and oxygen atoms in total. The molecule has 3 atom stereocenters. The summed E-state index contributed by atoms with van der Waals surface area (Å²) in [7, 11) is 0. The summed E-state index contributed by atoms with van der Waals surface area (Å²) in [4.78, 5) is 6.82. The molecule has 0 saturated heterocycles. The van der Waals surface area contributed by atoms with Gasteiger partial charge in [0.15, 0.2) is 0 Å². The van der Waals surface area contributed by atoms with E-state index >= 15 is 0 Å². The van der Waals surface area contributed by atoms with Crippen LogP contribution in [-0.4, -0.2) is 49.2 Å². The van der Waals surface area contributed by atoms with Crippen molar-refractivity contribution in [3.63, 3.8) is 0 Å². The fourth-order valence-corrected chi connectivity index (χ4v) is 1.97. The van der Waals surface area contributed by atoms with E-state index in [9.17, 15) is 15.3 Å². The van der Waals surface area contributed by atoms with Crippen LogP contribution in [0.4, 0.5) is 0 Å². The lowest BCUT2D eigenvalue weighted by atomic mass is 10.1. The van der Waals surface area contributed by atoms with E-state index in [0.717, 1.165) is 0 Å². The first-order valence-electron chi connectivity index (χ1n) is 5.43. The first-order chi connectivity index (χ1) is 8.93. The molecule has 8 heteroatoms. The Balaban J connectivity index is 2.35. The predicted molar refractivity (Wildman–Crippen MR) is 70.2 cm³/mol.